The van der Waals surface area contributed by atoms with E-state index < -0.39 is 0 Å². The highest BCUT2D eigenvalue weighted by atomic mass is 16.5. The van der Waals surface area contributed by atoms with Gasteiger partial charge in [-0.05, 0) is 36.5 Å². The van der Waals surface area contributed by atoms with E-state index in [0.717, 1.165) is 13.2 Å². The van der Waals surface area contributed by atoms with E-state index in [0.29, 0.717) is 5.92 Å². The summed E-state index contributed by atoms with van der Waals surface area (Å²) in [5.74, 6) is 0.606. The summed E-state index contributed by atoms with van der Waals surface area (Å²) in [6, 6.07) is 19.3. The molecule has 0 aromatic heterocycles. The van der Waals surface area contributed by atoms with Crippen molar-refractivity contribution in [1.82, 2.24) is 0 Å². The molecule has 20 heavy (non-hydrogen) atoms. The van der Waals surface area contributed by atoms with E-state index in [1.54, 1.807) is 0 Å². The molecular formula is C19H26O. The maximum Gasteiger partial charge on any atom is 0.0437 e. The van der Waals surface area contributed by atoms with Crippen molar-refractivity contribution in [3.05, 3.63) is 60.2 Å². The van der Waals surface area contributed by atoms with Gasteiger partial charge < -0.3 is 4.74 Å². The first kappa shape index (κ1) is 16.5. The highest BCUT2D eigenvalue weighted by Crippen LogP contribution is 2.22. The lowest BCUT2D eigenvalue weighted by Gasteiger charge is -2.06. The monoisotopic (exact) mass is 270 g/mol. The molecule has 0 radical (unpaired) electrons. The van der Waals surface area contributed by atoms with Crippen LogP contribution >= 0.6 is 0 Å². The molecule has 2 rings (SSSR count). The van der Waals surface area contributed by atoms with Crippen LogP contribution in [0.3, 0.4) is 0 Å². The molecule has 2 aromatic carbocycles. The first-order valence-electron chi connectivity index (χ1n) is 7.42. The summed E-state index contributed by atoms with van der Waals surface area (Å²) in [5, 5.41) is 0. The van der Waals surface area contributed by atoms with E-state index in [2.05, 4.69) is 62.4 Å². The van der Waals surface area contributed by atoms with Gasteiger partial charge in [0.05, 0.1) is 0 Å². The van der Waals surface area contributed by atoms with Crippen molar-refractivity contribution >= 4 is 0 Å². The fourth-order valence-electron chi connectivity index (χ4n) is 1.90. The molecule has 1 heteroatoms. The molecule has 0 unspecified atom stereocenters. The van der Waals surface area contributed by atoms with Crippen LogP contribution in [0, 0.1) is 0 Å². The molecule has 0 atom stereocenters. The van der Waals surface area contributed by atoms with Gasteiger partial charge in [-0.15, -0.1) is 0 Å². The summed E-state index contributed by atoms with van der Waals surface area (Å²) in [4.78, 5) is 0. The van der Waals surface area contributed by atoms with Gasteiger partial charge in [-0.1, -0.05) is 68.4 Å². The maximum atomic E-state index is 4.83. The van der Waals surface area contributed by atoms with Gasteiger partial charge in [0, 0.05) is 13.2 Å². The van der Waals surface area contributed by atoms with Crippen molar-refractivity contribution in [3.63, 3.8) is 0 Å². The van der Waals surface area contributed by atoms with Gasteiger partial charge in [0.1, 0.15) is 0 Å². The Balaban J connectivity index is 0.000000347. The summed E-state index contributed by atoms with van der Waals surface area (Å²) < 4.78 is 4.83. The highest BCUT2D eigenvalue weighted by Gasteiger charge is 1.99. The van der Waals surface area contributed by atoms with Crippen molar-refractivity contribution < 1.29 is 4.74 Å². The second kappa shape index (κ2) is 9.33. The summed E-state index contributed by atoms with van der Waals surface area (Å²) in [6.45, 7) is 10.1. The predicted octanol–water partition coefficient (Wildman–Crippen LogP) is 5.52. The van der Waals surface area contributed by atoms with Crippen LogP contribution in [-0.2, 0) is 4.74 Å². The van der Waals surface area contributed by atoms with Crippen molar-refractivity contribution in [3.8, 4) is 11.1 Å². The Bertz CT molecular complexity index is 455. The minimum atomic E-state index is 0.606. The molecule has 0 amide bonds. The molecule has 1 nitrogen and oxygen atoms in total. The summed E-state index contributed by atoms with van der Waals surface area (Å²) in [7, 11) is 0. The Hall–Kier alpha value is -1.60. The zero-order chi connectivity index (χ0) is 14.8. The lowest BCUT2D eigenvalue weighted by Crippen LogP contribution is -1.86. The summed E-state index contributed by atoms with van der Waals surface area (Å²) >= 11 is 0. The third-order valence-electron chi connectivity index (χ3n) is 3.09. The molecule has 2 aromatic rings. The van der Waals surface area contributed by atoms with Gasteiger partial charge >= 0.3 is 0 Å². The van der Waals surface area contributed by atoms with Crippen LogP contribution in [0.1, 0.15) is 39.2 Å². The number of hydrogen-bond acceptors (Lipinski definition) is 1. The van der Waals surface area contributed by atoms with Gasteiger partial charge in [-0.3, -0.25) is 0 Å². The molecule has 0 heterocycles. The zero-order valence-electron chi connectivity index (χ0n) is 13.1. The van der Waals surface area contributed by atoms with Crippen LogP contribution in [0.25, 0.3) is 11.1 Å². The van der Waals surface area contributed by atoms with E-state index in [9.17, 15) is 0 Å². The standard InChI is InChI=1S/C15H16.C4H10O/c1-12(2)13-8-10-15(11-9-13)14-6-4-3-5-7-14;1-3-5-4-2/h3-12H,1-2H3;3-4H2,1-2H3. The Labute approximate surface area is 123 Å². The molecule has 0 saturated heterocycles. The molecule has 0 bridgehead atoms. The van der Waals surface area contributed by atoms with E-state index >= 15 is 0 Å². The smallest absolute Gasteiger partial charge is 0.0437 e. The molecule has 0 N–H and O–H groups in total. The van der Waals surface area contributed by atoms with Gasteiger partial charge in [-0.2, -0.15) is 0 Å². The largest absolute Gasteiger partial charge is 0.382 e. The van der Waals surface area contributed by atoms with Gasteiger partial charge in [0.25, 0.3) is 0 Å². The minimum Gasteiger partial charge on any atom is -0.382 e. The zero-order valence-corrected chi connectivity index (χ0v) is 13.1. The molecule has 108 valence electrons. The van der Waals surface area contributed by atoms with Crippen LogP contribution < -0.4 is 0 Å². The second-order valence-corrected chi connectivity index (χ2v) is 4.92. The SMILES string of the molecule is CC(C)c1ccc(-c2ccccc2)cc1.CCOCC. The number of benzene rings is 2. The lowest BCUT2D eigenvalue weighted by molar-refractivity contribution is 0.162. The van der Waals surface area contributed by atoms with Gasteiger partial charge in [0.2, 0.25) is 0 Å². The Morgan fingerprint density at radius 2 is 1.25 bits per heavy atom. The summed E-state index contributed by atoms with van der Waals surface area (Å²) in [5.41, 5.74) is 3.97. The third-order valence-corrected chi connectivity index (χ3v) is 3.09. The average Bonchev–Trinajstić information content (AvgIpc) is 2.50. The summed E-state index contributed by atoms with van der Waals surface area (Å²) in [6.07, 6.45) is 0. The predicted molar refractivity (Wildman–Crippen MR) is 88.1 cm³/mol. The van der Waals surface area contributed by atoms with Crippen LogP contribution in [0.5, 0.6) is 0 Å². The number of hydrogen-bond donors (Lipinski definition) is 0. The molecule has 0 aliphatic heterocycles. The quantitative estimate of drug-likeness (QED) is 0.710. The Kier molecular flexibility index (Phi) is 7.67. The van der Waals surface area contributed by atoms with E-state index in [1.165, 1.54) is 16.7 Å². The first-order valence-corrected chi connectivity index (χ1v) is 7.42. The molecule has 0 spiro atoms. The van der Waals surface area contributed by atoms with Gasteiger partial charge in [-0.25, -0.2) is 0 Å². The third kappa shape index (κ3) is 5.58. The Morgan fingerprint density at radius 1 is 0.750 bits per heavy atom. The topological polar surface area (TPSA) is 9.23 Å². The second-order valence-electron chi connectivity index (χ2n) is 4.92. The molecule has 0 saturated carbocycles. The minimum absolute atomic E-state index is 0.606. The first-order chi connectivity index (χ1) is 9.69. The highest BCUT2D eigenvalue weighted by molar-refractivity contribution is 5.63. The van der Waals surface area contributed by atoms with Crippen molar-refractivity contribution in [2.24, 2.45) is 0 Å². The van der Waals surface area contributed by atoms with Crippen LogP contribution in [-0.4, -0.2) is 13.2 Å². The number of rotatable bonds is 4. The van der Waals surface area contributed by atoms with Crippen LogP contribution in [0.4, 0.5) is 0 Å². The van der Waals surface area contributed by atoms with Crippen molar-refractivity contribution in [2.45, 2.75) is 33.6 Å². The normalized spacial score (nSPS) is 10.1. The van der Waals surface area contributed by atoms with Crippen molar-refractivity contribution in [1.29, 1.82) is 0 Å². The van der Waals surface area contributed by atoms with E-state index in [-0.39, 0.29) is 0 Å². The molecular weight excluding hydrogens is 244 g/mol. The van der Waals surface area contributed by atoms with E-state index in [4.69, 9.17) is 4.74 Å². The molecule has 0 fully saturated rings. The van der Waals surface area contributed by atoms with Gasteiger partial charge in [0.15, 0.2) is 0 Å². The molecule has 0 aliphatic rings. The van der Waals surface area contributed by atoms with Crippen LogP contribution in [0.15, 0.2) is 54.6 Å². The maximum absolute atomic E-state index is 4.83. The average molecular weight is 270 g/mol. The number of ether oxygens (including phenoxy) is 1. The van der Waals surface area contributed by atoms with Crippen molar-refractivity contribution in [2.75, 3.05) is 13.2 Å². The van der Waals surface area contributed by atoms with Crippen LogP contribution in [0.2, 0.25) is 0 Å². The lowest BCUT2D eigenvalue weighted by atomic mass is 9.99. The van der Waals surface area contributed by atoms with E-state index in [1.807, 2.05) is 19.9 Å². The fourth-order valence-corrected chi connectivity index (χ4v) is 1.90. The molecule has 0 aliphatic carbocycles. The fraction of sp³-hybridized carbons (Fsp3) is 0.368. The Morgan fingerprint density at radius 3 is 1.65 bits per heavy atom.